The molecule has 0 aromatic heterocycles. The summed E-state index contributed by atoms with van der Waals surface area (Å²) in [6, 6.07) is 0. The first kappa shape index (κ1) is 13.0. The van der Waals surface area contributed by atoms with E-state index in [0.29, 0.717) is 5.57 Å². The van der Waals surface area contributed by atoms with Gasteiger partial charge in [-0.15, -0.1) is 0 Å². The quantitative estimate of drug-likeness (QED) is 0.702. The van der Waals surface area contributed by atoms with Gasteiger partial charge < -0.3 is 9.80 Å². The molecule has 5 heteroatoms. The van der Waals surface area contributed by atoms with Crippen LogP contribution >= 0.6 is 0 Å². The van der Waals surface area contributed by atoms with Crippen LogP contribution < -0.4 is 0 Å². The fourth-order valence-electron chi connectivity index (χ4n) is 2.26. The van der Waals surface area contributed by atoms with E-state index in [2.05, 4.69) is 21.8 Å². The standard InChI is InChI=1S/C13H20N4O/c1-16-6-8-17(9-7-16)12-5-3-2-4-11(10-18)13(14)15-12/h4,10,14H,2-3,5-9H2,1H3/b11-4-,14-13?,15-12?. The lowest BCUT2D eigenvalue weighted by Crippen LogP contribution is -2.47. The van der Waals surface area contributed by atoms with Gasteiger partial charge in [0.25, 0.3) is 0 Å². The molecule has 98 valence electrons. The zero-order chi connectivity index (χ0) is 13.0. The number of aliphatic imine (C=N–C) groups is 1. The van der Waals surface area contributed by atoms with Crippen LogP contribution in [0.2, 0.25) is 0 Å². The minimum absolute atomic E-state index is 0.110. The maximum Gasteiger partial charge on any atom is 0.156 e. The summed E-state index contributed by atoms with van der Waals surface area (Å²) >= 11 is 0. The van der Waals surface area contributed by atoms with E-state index < -0.39 is 0 Å². The summed E-state index contributed by atoms with van der Waals surface area (Å²) in [5, 5.41) is 7.85. The van der Waals surface area contributed by atoms with Gasteiger partial charge in [0.15, 0.2) is 12.1 Å². The molecule has 0 amide bonds. The second kappa shape index (κ2) is 5.91. The maximum atomic E-state index is 10.9. The topological polar surface area (TPSA) is 59.8 Å². The van der Waals surface area contributed by atoms with E-state index in [-0.39, 0.29) is 5.84 Å². The number of carbonyl (C=O) groups excluding carboxylic acids is 1. The molecule has 0 aliphatic carbocycles. The highest BCUT2D eigenvalue weighted by Gasteiger charge is 2.19. The van der Waals surface area contributed by atoms with Crippen LogP contribution in [-0.4, -0.2) is 61.0 Å². The van der Waals surface area contributed by atoms with Gasteiger partial charge in [-0.3, -0.25) is 10.2 Å². The molecular formula is C13H20N4O. The molecule has 18 heavy (non-hydrogen) atoms. The number of allylic oxidation sites excluding steroid dienone is 1. The molecule has 2 heterocycles. The monoisotopic (exact) mass is 248 g/mol. The minimum atomic E-state index is 0.110. The first-order chi connectivity index (χ1) is 8.70. The molecule has 0 radical (unpaired) electrons. The van der Waals surface area contributed by atoms with Crippen LogP contribution in [0.25, 0.3) is 0 Å². The predicted octanol–water partition coefficient (Wildman–Crippen LogP) is 0.919. The van der Waals surface area contributed by atoms with Crippen molar-refractivity contribution in [2.75, 3.05) is 33.2 Å². The van der Waals surface area contributed by atoms with Crippen LogP contribution in [0.15, 0.2) is 16.6 Å². The van der Waals surface area contributed by atoms with Crippen molar-refractivity contribution in [3.8, 4) is 0 Å². The summed E-state index contributed by atoms with van der Waals surface area (Å²) in [7, 11) is 2.12. The van der Waals surface area contributed by atoms with Crippen molar-refractivity contribution >= 4 is 18.0 Å². The Morgan fingerprint density at radius 3 is 2.72 bits per heavy atom. The first-order valence-corrected chi connectivity index (χ1v) is 6.46. The highest BCUT2D eigenvalue weighted by molar-refractivity contribution is 6.16. The van der Waals surface area contributed by atoms with Crippen molar-refractivity contribution in [3.63, 3.8) is 0 Å². The lowest BCUT2D eigenvalue weighted by molar-refractivity contribution is -0.104. The Kier molecular flexibility index (Phi) is 4.25. The van der Waals surface area contributed by atoms with Gasteiger partial charge in [-0.05, 0) is 19.9 Å². The summed E-state index contributed by atoms with van der Waals surface area (Å²) in [6.45, 7) is 3.98. The SMILES string of the molecule is CN1CCN(C2=NC(=N)/C(C=O)=C\CCC2)CC1. The van der Waals surface area contributed by atoms with E-state index >= 15 is 0 Å². The average molecular weight is 248 g/mol. The second-order valence-corrected chi connectivity index (χ2v) is 4.84. The smallest absolute Gasteiger partial charge is 0.156 e. The molecule has 1 fully saturated rings. The lowest BCUT2D eigenvalue weighted by Gasteiger charge is -2.35. The Morgan fingerprint density at radius 1 is 1.33 bits per heavy atom. The van der Waals surface area contributed by atoms with Gasteiger partial charge in [-0.2, -0.15) is 0 Å². The molecule has 1 saturated heterocycles. The number of nitrogens with zero attached hydrogens (tertiary/aromatic N) is 3. The fraction of sp³-hybridized carbons (Fsp3) is 0.615. The Balaban J connectivity index is 2.11. The predicted molar refractivity (Wildman–Crippen MR) is 72.2 cm³/mol. The Bertz CT molecular complexity index is 392. The largest absolute Gasteiger partial charge is 0.357 e. The number of amidine groups is 2. The summed E-state index contributed by atoms with van der Waals surface area (Å²) in [4.78, 5) is 19.8. The number of carbonyl (C=O) groups is 1. The van der Waals surface area contributed by atoms with Crippen molar-refractivity contribution < 1.29 is 4.79 Å². The van der Waals surface area contributed by atoms with Crippen LogP contribution in [0.5, 0.6) is 0 Å². The number of hydrogen-bond donors (Lipinski definition) is 1. The van der Waals surface area contributed by atoms with Gasteiger partial charge in [0.2, 0.25) is 0 Å². The minimum Gasteiger partial charge on any atom is -0.357 e. The molecule has 0 aromatic rings. The van der Waals surface area contributed by atoms with E-state index in [1.54, 1.807) is 0 Å². The first-order valence-electron chi connectivity index (χ1n) is 6.46. The summed E-state index contributed by atoms with van der Waals surface area (Å²) in [5.74, 6) is 1.08. The average Bonchev–Trinajstić information content (AvgIpc) is 2.35. The zero-order valence-corrected chi connectivity index (χ0v) is 10.9. The number of aldehydes is 1. The fourth-order valence-corrected chi connectivity index (χ4v) is 2.26. The van der Waals surface area contributed by atoms with Crippen LogP contribution in [0.1, 0.15) is 19.3 Å². The molecule has 0 bridgehead atoms. The van der Waals surface area contributed by atoms with E-state index in [1.165, 1.54) is 0 Å². The van der Waals surface area contributed by atoms with Crippen LogP contribution in [0.4, 0.5) is 0 Å². The van der Waals surface area contributed by atoms with Crippen LogP contribution in [0.3, 0.4) is 0 Å². The number of hydrogen-bond acceptors (Lipinski definition) is 4. The zero-order valence-electron chi connectivity index (χ0n) is 10.9. The molecule has 0 spiro atoms. The van der Waals surface area contributed by atoms with Gasteiger partial charge in [-0.25, -0.2) is 4.99 Å². The van der Waals surface area contributed by atoms with E-state index in [1.807, 2.05) is 6.08 Å². The highest BCUT2D eigenvalue weighted by atomic mass is 16.1. The third-order valence-corrected chi connectivity index (χ3v) is 3.48. The van der Waals surface area contributed by atoms with Crippen molar-refractivity contribution in [1.29, 1.82) is 5.41 Å². The van der Waals surface area contributed by atoms with Crippen molar-refractivity contribution in [2.24, 2.45) is 4.99 Å². The number of likely N-dealkylation sites (N-methyl/N-ethyl adjacent to an activating group) is 1. The van der Waals surface area contributed by atoms with Crippen molar-refractivity contribution in [3.05, 3.63) is 11.6 Å². The maximum absolute atomic E-state index is 10.9. The van der Waals surface area contributed by atoms with E-state index in [0.717, 1.165) is 57.6 Å². The molecular weight excluding hydrogens is 228 g/mol. The molecule has 0 unspecified atom stereocenters. The molecule has 0 aromatic carbocycles. The van der Waals surface area contributed by atoms with Crippen LogP contribution in [-0.2, 0) is 4.79 Å². The second-order valence-electron chi connectivity index (χ2n) is 4.84. The normalized spacial score (nSPS) is 25.8. The van der Waals surface area contributed by atoms with Gasteiger partial charge in [0.05, 0.1) is 5.57 Å². The Morgan fingerprint density at radius 2 is 2.06 bits per heavy atom. The molecule has 2 aliphatic rings. The number of rotatable bonds is 1. The summed E-state index contributed by atoms with van der Waals surface area (Å²) in [5.41, 5.74) is 0.418. The molecule has 5 nitrogen and oxygen atoms in total. The van der Waals surface area contributed by atoms with E-state index in [9.17, 15) is 4.79 Å². The number of nitrogens with one attached hydrogen (secondary N) is 1. The number of piperazine rings is 1. The van der Waals surface area contributed by atoms with Gasteiger partial charge in [-0.1, -0.05) is 6.08 Å². The van der Waals surface area contributed by atoms with Crippen molar-refractivity contribution in [1.82, 2.24) is 9.80 Å². The Labute approximate surface area is 108 Å². The van der Waals surface area contributed by atoms with Gasteiger partial charge in [0.1, 0.15) is 5.84 Å². The lowest BCUT2D eigenvalue weighted by atomic mass is 10.1. The molecule has 2 aliphatic heterocycles. The molecule has 0 saturated carbocycles. The Hall–Kier alpha value is -1.49. The molecule has 0 atom stereocenters. The highest BCUT2D eigenvalue weighted by Crippen LogP contribution is 2.12. The summed E-state index contributed by atoms with van der Waals surface area (Å²) in [6.07, 6.45) is 5.30. The van der Waals surface area contributed by atoms with E-state index in [4.69, 9.17) is 5.41 Å². The van der Waals surface area contributed by atoms with Crippen LogP contribution in [0, 0.1) is 5.41 Å². The van der Waals surface area contributed by atoms with Gasteiger partial charge >= 0.3 is 0 Å². The molecule has 1 N–H and O–H groups in total. The third kappa shape index (κ3) is 3.04. The molecule has 2 rings (SSSR count). The summed E-state index contributed by atoms with van der Waals surface area (Å²) < 4.78 is 0. The van der Waals surface area contributed by atoms with Gasteiger partial charge in [0, 0.05) is 32.6 Å². The third-order valence-electron chi connectivity index (χ3n) is 3.48. The van der Waals surface area contributed by atoms with Crippen molar-refractivity contribution in [2.45, 2.75) is 19.3 Å².